The van der Waals surface area contributed by atoms with E-state index in [0.717, 1.165) is 0 Å². The van der Waals surface area contributed by atoms with E-state index in [1.165, 1.54) is 19.1 Å². The maximum Gasteiger partial charge on any atom is 0.281 e. The van der Waals surface area contributed by atoms with Crippen molar-refractivity contribution in [3.63, 3.8) is 0 Å². The zero-order valence-corrected chi connectivity index (χ0v) is 9.52. The molecule has 0 aromatic heterocycles. The van der Waals surface area contributed by atoms with Gasteiger partial charge in [-0.25, -0.2) is 0 Å². The van der Waals surface area contributed by atoms with Crippen LogP contribution in [0, 0.1) is 10.1 Å². The number of nitrogens with zero attached hydrogens (tertiary/aromatic N) is 1. The summed E-state index contributed by atoms with van der Waals surface area (Å²) in [7, 11) is 0. The van der Waals surface area contributed by atoms with Gasteiger partial charge in [-0.15, -0.1) is 0 Å². The zero-order chi connectivity index (χ0) is 11.6. The lowest BCUT2D eigenvalue weighted by atomic mass is 10.0. The van der Waals surface area contributed by atoms with Crippen LogP contribution in [0.25, 0.3) is 0 Å². The van der Waals surface area contributed by atoms with Gasteiger partial charge in [0.2, 0.25) is 0 Å². The molecule has 0 spiro atoms. The number of halogens is 1. The van der Waals surface area contributed by atoms with Gasteiger partial charge in [-0.3, -0.25) is 14.9 Å². The number of Topliss-reactive ketones (excluding diaryl/α,β-unsaturated/α-hetero) is 1. The number of carbonyl (C=O) groups excluding carboxylic acids is 1. The monoisotopic (exact) mass is 272 g/mol. The Hall–Kier alpha value is -1.27. The molecule has 0 amide bonds. The standard InChI is InChI=1S/C9H9BrN2O3/c1-5(11)9(13)7-3-2-6(10)4-8(7)12(14)15/h2-5H,11H2,1H3. The Morgan fingerprint density at radius 2 is 2.20 bits per heavy atom. The first-order valence-electron chi connectivity index (χ1n) is 4.17. The summed E-state index contributed by atoms with van der Waals surface area (Å²) in [6.45, 7) is 1.49. The summed E-state index contributed by atoms with van der Waals surface area (Å²) in [5.41, 5.74) is 5.20. The van der Waals surface area contributed by atoms with Crippen LogP contribution in [0.3, 0.4) is 0 Å². The minimum absolute atomic E-state index is 0.0400. The Bertz CT molecular complexity index is 418. The number of ketones is 1. The first-order valence-corrected chi connectivity index (χ1v) is 4.96. The molecule has 0 radical (unpaired) electrons. The fourth-order valence-corrected chi connectivity index (χ4v) is 1.46. The summed E-state index contributed by atoms with van der Waals surface area (Å²) >= 11 is 3.10. The van der Waals surface area contributed by atoms with Gasteiger partial charge < -0.3 is 5.73 Å². The van der Waals surface area contributed by atoms with Gasteiger partial charge in [-0.2, -0.15) is 0 Å². The molecule has 1 atom stereocenters. The van der Waals surface area contributed by atoms with E-state index in [2.05, 4.69) is 15.9 Å². The lowest BCUT2D eigenvalue weighted by Crippen LogP contribution is -2.27. The van der Waals surface area contributed by atoms with Crippen molar-refractivity contribution in [3.05, 3.63) is 38.3 Å². The van der Waals surface area contributed by atoms with Crippen LogP contribution >= 0.6 is 15.9 Å². The molecule has 0 aliphatic rings. The van der Waals surface area contributed by atoms with Crippen LogP contribution in [-0.2, 0) is 0 Å². The van der Waals surface area contributed by atoms with Gasteiger partial charge in [-0.05, 0) is 19.1 Å². The van der Waals surface area contributed by atoms with Gasteiger partial charge in [-0.1, -0.05) is 15.9 Å². The highest BCUT2D eigenvalue weighted by Gasteiger charge is 2.22. The summed E-state index contributed by atoms with van der Waals surface area (Å²) < 4.78 is 0.551. The number of nitrogens with two attached hydrogens (primary N) is 1. The van der Waals surface area contributed by atoms with E-state index >= 15 is 0 Å². The van der Waals surface area contributed by atoms with Gasteiger partial charge >= 0.3 is 0 Å². The number of nitro groups is 1. The van der Waals surface area contributed by atoms with Gasteiger partial charge in [0.15, 0.2) is 5.78 Å². The third kappa shape index (κ3) is 2.60. The van der Waals surface area contributed by atoms with Crippen LogP contribution in [0.15, 0.2) is 22.7 Å². The highest BCUT2D eigenvalue weighted by molar-refractivity contribution is 9.10. The van der Waals surface area contributed by atoms with Crippen molar-refractivity contribution < 1.29 is 9.72 Å². The SMILES string of the molecule is CC(N)C(=O)c1ccc(Br)cc1[N+](=O)[O-]. The summed E-state index contributed by atoms with van der Waals surface area (Å²) in [5.74, 6) is -0.436. The molecule has 1 rings (SSSR count). The summed E-state index contributed by atoms with van der Waals surface area (Å²) in [5, 5.41) is 10.7. The molecule has 0 fully saturated rings. The van der Waals surface area contributed by atoms with E-state index in [1.54, 1.807) is 6.07 Å². The smallest absolute Gasteiger partial charge is 0.281 e. The average molecular weight is 273 g/mol. The topological polar surface area (TPSA) is 86.2 Å². The van der Waals surface area contributed by atoms with Crippen LogP contribution < -0.4 is 5.73 Å². The van der Waals surface area contributed by atoms with E-state index in [-0.39, 0.29) is 11.3 Å². The second-order valence-corrected chi connectivity index (χ2v) is 3.99. The Morgan fingerprint density at radius 1 is 1.60 bits per heavy atom. The molecule has 0 heterocycles. The lowest BCUT2D eigenvalue weighted by molar-refractivity contribution is -0.385. The van der Waals surface area contributed by atoms with Crippen LogP contribution in [0.5, 0.6) is 0 Å². The fourth-order valence-electron chi connectivity index (χ4n) is 1.11. The number of nitro benzene ring substituents is 1. The van der Waals surface area contributed by atoms with Crippen molar-refractivity contribution in [2.75, 3.05) is 0 Å². The molecule has 0 aliphatic heterocycles. The Balaban J connectivity index is 3.29. The van der Waals surface area contributed by atoms with Gasteiger partial charge in [0.1, 0.15) is 0 Å². The second-order valence-electron chi connectivity index (χ2n) is 3.07. The minimum atomic E-state index is -0.745. The average Bonchev–Trinajstić information content (AvgIpc) is 2.16. The van der Waals surface area contributed by atoms with Crippen LogP contribution in [-0.4, -0.2) is 16.7 Å². The Labute approximate surface area is 94.5 Å². The molecule has 1 unspecified atom stereocenters. The van der Waals surface area contributed by atoms with Crippen molar-refractivity contribution in [3.8, 4) is 0 Å². The van der Waals surface area contributed by atoms with Gasteiger partial charge in [0.25, 0.3) is 5.69 Å². The molecule has 0 aliphatic carbocycles. The third-order valence-corrected chi connectivity index (χ3v) is 2.33. The predicted molar refractivity (Wildman–Crippen MR) is 58.8 cm³/mol. The molecular weight excluding hydrogens is 264 g/mol. The molecule has 15 heavy (non-hydrogen) atoms. The minimum Gasteiger partial charge on any atom is -0.321 e. The highest BCUT2D eigenvalue weighted by Crippen LogP contribution is 2.24. The number of hydrogen-bond donors (Lipinski definition) is 1. The maximum atomic E-state index is 11.5. The summed E-state index contributed by atoms with van der Waals surface area (Å²) in [6.07, 6.45) is 0. The van der Waals surface area contributed by atoms with Crippen molar-refractivity contribution in [2.24, 2.45) is 5.73 Å². The molecule has 0 saturated heterocycles. The van der Waals surface area contributed by atoms with E-state index in [4.69, 9.17) is 5.73 Å². The molecule has 6 heteroatoms. The van der Waals surface area contributed by atoms with Crippen molar-refractivity contribution in [1.29, 1.82) is 0 Å². The number of rotatable bonds is 3. The number of carbonyl (C=O) groups is 1. The summed E-state index contributed by atoms with van der Waals surface area (Å²) in [4.78, 5) is 21.6. The highest BCUT2D eigenvalue weighted by atomic mass is 79.9. The van der Waals surface area contributed by atoms with Crippen LogP contribution in [0.1, 0.15) is 17.3 Å². The fraction of sp³-hybridized carbons (Fsp3) is 0.222. The van der Waals surface area contributed by atoms with E-state index in [9.17, 15) is 14.9 Å². The van der Waals surface area contributed by atoms with E-state index in [1.807, 2.05) is 0 Å². The Morgan fingerprint density at radius 3 is 2.67 bits per heavy atom. The number of hydrogen-bond acceptors (Lipinski definition) is 4. The molecule has 5 nitrogen and oxygen atoms in total. The quantitative estimate of drug-likeness (QED) is 0.517. The van der Waals surface area contributed by atoms with Crippen LogP contribution in [0.2, 0.25) is 0 Å². The molecule has 0 bridgehead atoms. The zero-order valence-electron chi connectivity index (χ0n) is 7.94. The lowest BCUT2D eigenvalue weighted by Gasteiger charge is -2.05. The number of benzene rings is 1. The van der Waals surface area contributed by atoms with Gasteiger partial charge in [0.05, 0.1) is 16.5 Å². The molecule has 1 aromatic carbocycles. The largest absolute Gasteiger partial charge is 0.321 e. The summed E-state index contributed by atoms with van der Waals surface area (Å²) in [6, 6.07) is 3.51. The first-order chi connectivity index (χ1) is 6.93. The normalized spacial score (nSPS) is 12.2. The third-order valence-electron chi connectivity index (χ3n) is 1.84. The maximum absolute atomic E-state index is 11.5. The predicted octanol–water partition coefficient (Wildman–Crippen LogP) is 1.89. The van der Waals surface area contributed by atoms with Crippen molar-refractivity contribution in [2.45, 2.75) is 13.0 Å². The second kappa shape index (κ2) is 4.50. The van der Waals surface area contributed by atoms with E-state index in [0.29, 0.717) is 4.47 Å². The van der Waals surface area contributed by atoms with E-state index < -0.39 is 16.7 Å². The molecule has 0 saturated carbocycles. The molecule has 80 valence electrons. The van der Waals surface area contributed by atoms with Gasteiger partial charge in [0, 0.05) is 10.5 Å². The first kappa shape index (κ1) is 11.8. The van der Waals surface area contributed by atoms with Crippen molar-refractivity contribution >= 4 is 27.4 Å². The van der Waals surface area contributed by atoms with Crippen LogP contribution in [0.4, 0.5) is 5.69 Å². The molecular formula is C9H9BrN2O3. The molecule has 1 aromatic rings. The van der Waals surface area contributed by atoms with Crippen molar-refractivity contribution in [1.82, 2.24) is 0 Å². The molecule has 2 N–H and O–H groups in total. The Kier molecular flexibility index (Phi) is 3.54.